The van der Waals surface area contributed by atoms with Crippen LogP contribution in [0.4, 0.5) is 5.82 Å². The van der Waals surface area contributed by atoms with E-state index in [0.717, 1.165) is 21.8 Å². The van der Waals surface area contributed by atoms with Crippen molar-refractivity contribution in [2.75, 3.05) is 38.2 Å². The van der Waals surface area contributed by atoms with E-state index >= 15 is 0 Å². The number of thiophene rings is 1. The van der Waals surface area contributed by atoms with Gasteiger partial charge in [-0.15, -0.1) is 11.3 Å². The van der Waals surface area contributed by atoms with E-state index in [1.807, 2.05) is 46.7 Å². The van der Waals surface area contributed by atoms with Gasteiger partial charge in [0.25, 0.3) is 5.91 Å². The van der Waals surface area contributed by atoms with Crippen molar-refractivity contribution in [3.8, 4) is 5.69 Å². The largest absolute Gasteiger partial charge is 0.377 e. The summed E-state index contributed by atoms with van der Waals surface area (Å²) in [4.78, 5) is 27.0. The number of halogens is 1. The van der Waals surface area contributed by atoms with Gasteiger partial charge >= 0.3 is 0 Å². The minimum absolute atomic E-state index is 0.0825. The number of benzene rings is 1. The molecular weight excluding hydrogens is 448 g/mol. The lowest BCUT2D eigenvalue weighted by atomic mass is 10.2. The Morgan fingerprint density at radius 1 is 1.12 bits per heavy atom. The second-order valence-electron chi connectivity index (χ2n) is 7.40. The van der Waals surface area contributed by atoms with Crippen LogP contribution in [0.2, 0.25) is 5.02 Å². The average molecular weight is 469 g/mol. The number of aromatic nitrogens is 4. The molecule has 8 nitrogen and oxygen atoms in total. The molecule has 0 atom stereocenters. The van der Waals surface area contributed by atoms with Crippen molar-refractivity contribution < 1.29 is 9.53 Å². The number of hydrogen-bond acceptors (Lipinski definition) is 7. The van der Waals surface area contributed by atoms with E-state index in [9.17, 15) is 4.79 Å². The smallest absolute Gasteiger partial charge is 0.264 e. The molecule has 0 aliphatic carbocycles. The first-order valence-corrected chi connectivity index (χ1v) is 11.5. The minimum atomic E-state index is 0.0825. The predicted molar refractivity (Wildman–Crippen MR) is 125 cm³/mol. The highest BCUT2D eigenvalue weighted by Crippen LogP contribution is 2.29. The Labute approximate surface area is 194 Å². The highest BCUT2D eigenvalue weighted by Gasteiger charge is 2.26. The molecule has 10 heteroatoms. The maximum atomic E-state index is 12.7. The number of piperazine rings is 1. The fourth-order valence-electron chi connectivity index (χ4n) is 3.85. The van der Waals surface area contributed by atoms with Gasteiger partial charge in [0.05, 0.1) is 27.2 Å². The van der Waals surface area contributed by atoms with Crippen molar-refractivity contribution in [2.45, 2.75) is 6.61 Å². The molecular formula is C22H21ClN6O2S. The molecule has 0 bridgehead atoms. The molecule has 1 aliphatic rings. The SMILES string of the molecule is COCc1nc(N2CCN(C(=O)c3cccs3)CC2)c2cnn(-c3ccccc3Cl)c2n1. The van der Waals surface area contributed by atoms with Gasteiger partial charge in [0.1, 0.15) is 12.4 Å². The van der Waals surface area contributed by atoms with Crippen molar-refractivity contribution in [3.63, 3.8) is 0 Å². The Morgan fingerprint density at radius 3 is 2.66 bits per heavy atom. The van der Waals surface area contributed by atoms with Gasteiger partial charge in [-0.1, -0.05) is 29.8 Å². The second-order valence-corrected chi connectivity index (χ2v) is 8.75. The first-order valence-electron chi connectivity index (χ1n) is 10.2. The zero-order valence-electron chi connectivity index (χ0n) is 17.4. The van der Waals surface area contributed by atoms with Crippen molar-refractivity contribution in [2.24, 2.45) is 0 Å². The molecule has 1 aromatic carbocycles. The fourth-order valence-corrected chi connectivity index (χ4v) is 4.76. The lowest BCUT2D eigenvalue weighted by molar-refractivity contribution is 0.0751. The third kappa shape index (κ3) is 3.83. The molecule has 164 valence electrons. The van der Waals surface area contributed by atoms with Crippen LogP contribution in [-0.4, -0.2) is 63.8 Å². The summed E-state index contributed by atoms with van der Waals surface area (Å²) in [5.41, 5.74) is 1.43. The van der Waals surface area contributed by atoms with Gasteiger partial charge in [-0.25, -0.2) is 14.6 Å². The minimum Gasteiger partial charge on any atom is -0.377 e. The number of para-hydroxylation sites is 1. The maximum Gasteiger partial charge on any atom is 0.264 e. The quantitative estimate of drug-likeness (QED) is 0.445. The zero-order valence-corrected chi connectivity index (χ0v) is 19.0. The Balaban J connectivity index is 1.47. The van der Waals surface area contributed by atoms with Gasteiger partial charge in [-0.3, -0.25) is 4.79 Å². The van der Waals surface area contributed by atoms with E-state index in [0.29, 0.717) is 42.7 Å². The Kier molecular flexibility index (Phi) is 5.77. The zero-order chi connectivity index (χ0) is 22.1. The number of fused-ring (bicyclic) bond motifs is 1. The van der Waals surface area contributed by atoms with Crippen LogP contribution in [-0.2, 0) is 11.3 Å². The molecule has 1 fully saturated rings. The van der Waals surface area contributed by atoms with Crippen molar-refractivity contribution >= 4 is 45.7 Å². The molecule has 0 spiro atoms. The Hall–Kier alpha value is -3.01. The summed E-state index contributed by atoms with van der Waals surface area (Å²) in [5, 5.41) is 7.91. The van der Waals surface area contributed by atoms with Gasteiger partial charge in [0.2, 0.25) is 0 Å². The Morgan fingerprint density at radius 2 is 1.94 bits per heavy atom. The first-order chi connectivity index (χ1) is 15.7. The van der Waals surface area contributed by atoms with Crippen molar-refractivity contribution in [3.05, 3.63) is 63.7 Å². The number of methoxy groups -OCH3 is 1. The number of amides is 1. The first kappa shape index (κ1) is 20.9. The molecule has 0 radical (unpaired) electrons. The van der Waals surface area contributed by atoms with Gasteiger partial charge in [0, 0.05) is 33.3 Å². The van der Waals surface area contributed by atoms with E-state index in [2.05, 4.69) is 10.00 Å². The number of carbonyl (C=O) groups excluding carboxylic acids is 1. The summed E-state index contributed by atoms with van der Waals surface area (Å²) in [6, 6.07) is 11.3. The normalized spacial score (nSPS) is 14.3. The van der Waals surface area contributed by atoms with E-state index in [-0.39, 0.29) is 12.5 Å². The second kappa shape index (κ2) is 8.85. The maximum absolute atomic E-state index is 12.7. The highest BCUT2D eigenvalue weighted by molar-refractivity contribution is 7.12. The fraction of sp³-hybridized carbons (Fsp3) is 0.273. The highest BCUT2D eigenvalue weighted by atomic mass is 35.5. The lowest BCUT2D eigenvalue weighted by Gasteiger charge is -2.35. The van der Waals surface area contributed by atoms with Crippen LogP contribution >= 0.6 is 22.9 Å². The molecule has 0 saturated carbocycles. The summed E-state index contributed by atoms with van der Waals surface area (Å²) in [5.74, 6) is 1.45. The molecule has 32 heavy (non-hydrogen) atoms. The third-order valence-electron chi connectivity index (χ3n) is 5.41. The Bertz CT molecular complexity index is 1250. The van der Waals surface area contributed by atoms with Crippen molar-refractivity contribution in [1.82, 2.24) is 24.6 Å². The molecule has 4 heterocycles. The molecule has 1 amide bonds. The molecule has 5 rings (SSSR count). The van der Waals surface area contributed by atoms with Crippen LogP contribution in [0.15, 0.2) is 48.0 Å². The van der Waals surface area contributed by atoms with E-state index in [1.165, 1.54) is 11.3 Å². The van der Waals surface area contributed by atoms with Gasteiger partial charge in [0.15, 0.2) is 11.5 Å². The van der Waals surface area contributed by atoms with Crippen molar-refractivity contribution in [1.29, 1.82) is 0 Å². The molecule has 1 aliphatic heterocycles. The van der Waals surface area contributed by atoms with Crippen LogP contribution in [0.3, 0.4) is 0 Å². The average Bonchev–Trinajstić information content (AvgIpc) is 3.49. The topological polar surface area (TPSA) is 76.4 Å². The molecule has 0 N–H and O–H groups in total. The molecule has 1 saturated heterocycles. The van der Waals surface area contributed by atoms with Crippen LogP contribution < -0.4 is 4.90 Å². The van der Waals surface area contributed by atoms with E-state index in [1.54, 1.807) is 18.0 Å². The predicted octanol–water partition coefficient (Wildman–Crippen LogP) is 3.64. The number of nitrogens with zero attached hydrogens (tertiary/aromatic N) is 6. The van der Waals surface area contributed by atoms with Gasteiger partial charge < -0.3 is 14.5 Å². The molecule has 4 aromatic rings. The van der Waals surface area contributed by atoms with E-state index in [4.69, 9.17) is 26.3 Å². The summed E-state index contributed by atoms with van der Waals surface area (Å²) < 4.78 is 7.04. The lowest BCUT2D eigenvalue weighted by Crippen LogP contribution is -2.49. The standard InChI is InChI=1S/C22H21ClN6O2S/c1-31-14-19-25-20(27-8-10-28(11-9-27)22(30)18-7-4-12-32-18)15-13-24-29(21(15)26-19)17-6-3-2-5-16(17)23/h2-7,12-13H,8-11,14H2,1H3. The summed E-state index contributed by atoms with van der Waals surface area (Å²) in [6.07, 6.45) is 1.77. The third-order valence-corrected chi connectivity index (χ3v) is 6.58. The summed E-state index contributed by atoms with van der Waals surface area (Å²) >= 11 is 7.89. The number of carbonyl (C=O) groups is 1. The summed E-state index contributed by atoms with van der Waals surface area (Å²) in [6.45, 7) is 2.88. The van der Waals surface area contributed by atoms with Gasteiger partial charge in [-0.2, -0.15) is 5.10 Å². The van der Waals surface area contributed by atoms with Crippen LogP contribution in [0, 0.1) is 0 Å². The number of ether oxygens (including phenoxy) is 1. The number of hydrogen-bond donors (Lipinski definition) is 0. The van der Waals surface area contributed by atoms with Crippen LogP contribution in [0.1, 0.15) is 15.5 Å². The number of rotatable bonds is 5. The summed E-state index contributed by atoms with van der Waals surface area (Å²) in [7, 11) is 1.62. The number of anilines is 1. The van der Waals surface area contributed by atoms with E-state index < -0.39 is 0 Å². The van der Waals surface area contributed by atoms with Crippen LogP contribution in [0.5, 0.6) is 0 Å². The molecule has 0 unspecified atom stereocenters. The monoisotopic (exact) mass is 468 g/mol. The molecule has 3 aromatic heterocycles. The van der Waals surface area contributed by atoms with Gasteiger partial charge in [-0.05, 0) is 23.6 Å². The van der Waals surface area contributed by atoms with Crippen LogP contribution in [0.25, 0.3) is 16.7 Å².